The van der Waals surface area contributed by atoms with Gasteiger partial charge in [0.1, 0.15) is 12.3 Å². The van der Waals surface area contributed by atoms with Crippen molar-refractivity contribution < 1.29 is 14.3 Å². The number of hydrogen-bond donors (Lipinski definition) is 1. The first-order valence-corrected chi connectivity index (χ1v) is 9.14. The lowest BCUT2D eigenvalue weighted by Gasteiger charge is -2.22. The summed E-state index contributed by atoms with van der Waals surface area (Å²) in [6.45, 7) is 2.03. The fourth-order valence-corrected chi connectivity index (χ4v) is 3.79. The van der Waals surface area contributed by atoms with Gasteiger partial charge in [0.25, 0.3) is 0 Å². The minimum absolute atomic E-state index is 0.0842. The highest BCUT2D eigenvalue weighted by molar-refractivity contribution is 6.03. The van der Waals surface area contributed by atoms with E-state index in [2.05, 4.69) is 4.98 Å². The van der Waals surface area contributed by atoms with E-state index >= 15 is 0 Å². The number of Topliss-reactive ketones (excluding diaryl/α,β-unsaturated/α-hetero) is 1. The molecule has 4 nitrogen and oxygen atoms in total. The van der Waals surface area contributed by atoms with E-state index in [1.807, 2.05) is 67.6 Å². The monoisotopic (exact) mass is 359 g/mol. The Morgan fingerprint density at radius 1 is 1.04 bits per heavy atom. The van der Waals surface area contributed by atoms with Gasteiger partial charge in [0.15, 0.2) is 5.78 Å². The number of H-pyrrole nitrogens is 1. The van der Waals surface area contributed by atoms with Gasteiger partial charge in [-0.15, -0.1) is 0 Å². The topological polar surface area (TPSA) is 59.2 Å². The number of ketones is 1. The number of ether oxygens (including phenoxy) is 1. The third-order valence-corrected chi connectivity index (χ3v) is 5.18. The third-order valence-electron chi connectivity index (χ3n) is 5.18. The quantitative estimate of drug-likeness (QED) is 0.693. The SMILES string of the molecule is Cc1c(C(=O)OCc2ccccc2)[nH]c2c1C(=O)C[C@H](c1ccccc1)C2. The highest BCUT2D eigenvalue weighted by Crippen LogP contribution is 2.35. The van der Waals surface area contributed by atoms with E-state index in [1.165, 1.54) is 0 Å². The molecule has 3 aromatic rings. The van der Waals surface area contributed by atoms with Gasteiger partial charge in [0.2, 0.25) is 0 Å². The normalized spacial score (nSPS) is 16.0. The highest BCUT2D eigenvalue weighted by atomic mass is 16.5. The number of rotatable bonds is 4. The van der Waals surface area contributed by atoms with Crippen molar-refractivity contribution in [2.75, 3.05) is 0 Å². The van der Waals surface area contributed by atoms with E-state index in [1.54, 1.807) is 0 Å². The summed E-state index contributed by atoms with van der Waals surface area (Å²) in [7, 11) is 0. The number of benzene rings is 2. The molecule has 2 aromatic carbocycles. The second-order valence-electron chi connectivity index (χ2n) is 6.98. The Morgan fingerprint density at radius 3 is 2.41 bits per heavy atom. The van der Waals surface area contributed by atoms with Gasteiger partial charge in [-0.3, -0.25) is 4.79 Å². The standard InChI is InChI=1S/C23H21NO3/c1-15-21-19(12-18(13-20(21)25)17-10-6-3-7-11-17)24-22(15)23(26)27-14-16-8-4-2-5-9-16/h2-11,18,24H,12-14H2,1H3/t18-/m1/s1. The van der Waals surface area contributed by atoms with Crippen molar-refractivity contribution in [3.63, 3.8) is 0 Å². The number of aromatic nitrogens is 1. The number of aromatic amines is 1. The summed E-state index contributed by atoms with van der Waals surface area (Å²) in [6, 6.07) is 19.6. The number of fused-ring (bicyclic) bond motifs is 1. The minimum Gasteiger partial charge on any atom is -0.456 e. The molecule has 4 rings (SSSR count). The molecular weight excluding hydrogens is 338 g/mol. The van der Waals surface area contributed by atoms with Gasteiger partial charge in [-0.05, 0) is 36.0 Å². The maximum atomic E-state index is 12.7. The fourth-order valence-electron chi connectivity index (χ4n) is 3.79. The van der Waals surface area contributed by atoms with Crippen molar-refractivity contribution in [2.24, 2.45) is 0 Å². The van der Waals surface area contributed by atoms with Crippen LogP contribution >= 0.6 is 0 Å². The van der Waals surface area contributed by atoms with Crippen LogP contribution in [0.3, 0.4) is 0 Å². The fraction of sp³-hybridized carbons (Fsp3) is 0.217. The lowest BCUT2D eigenvalue weighted by atomic mass is 9.81. The molecule has 0 radical (unpaired) electrons. The van der Waals surface area contributed by atoms with Gasteiger partial charge in [-0.25, -0.2) is 4.79 Å². The first kappa shape index (κ1) is 17.3. The molecular formula is C23H21NO3. The van der Waals surface area contributed by atoms with Gasteiger partial charge in [-0.2, -0.15) is 0 Å². The first-order chi connectivity index (χ1) is 13.1. The molecule has 0 unspecified atom stereocenters. The van der Waals surface area contributed by atoms with Gasteiger partial charge in [-0.1, -0.05) is 60.7 Å². The maximum Gasteiger partial charge on any atom is 0.355 e. The molecule has 1 heterocycles. The zero-order chi connectivity index (χ0) is 18.8. The summed E-state index contributed by atoms with van der Waals surface area (Å²) in [5.74, 6) is -0.201. The van der Waals surface area contributed by atoms with Crippen molar-refractivity contribution >= 4 is 11.8 Å². The van der Waals surface area contributed by atoms with E-state index in [0.29, 0.717) is 23.2 Å². The van der Waals surface area contributed by atoms with Crippen molar-refractivity contribution in [3.8, 4) is 0 Å². The summed E-state index contributed by atoms with van der Waals surface area (Å²) >= 11 is 0. The van der Waals surface area contributed by atoms with Crippen LogP contribution in [0, 0.1) is 6.92 Å². The number of nitrogens with one attached hydrogen (secondary N) is 1. The largest absolute Gasteiger partial charge is 0.456 e. The van der Waals surface area contributed by atoms with Crippen LogP contribution in [0.5, 0.6) is 0 Å². The maximum absolute atomic E-state index is 12.7. The van der Waals surface area contributed by atoms with Crippen molar-refractivity contribution in [1.29, 1.82) is 0 Å². The Morgan fingerprint density at radius 2 is 1.70 bits per heavy atom. The predicted octanol–water partition coefficient (Wildman–Crippen LogP) is 4.59. The summed E-state index contributed by atoms with van der Waals surface area (Å²) in [5.41, 5.74) is 4.66. The Bertz CT molecular complexity index is 974. The van der Waals surface area contributed by atoms with E-state index in [4.69, 9.17) is 4.74 Å². The van der Waals surface area contributed by atoms with Gasteiger partial charge >= 0.3 is 5.97 Å². The van der Waals surface area contributed by atoms with Crippen LogP contribution < -0.4 is 0 Å². The molecule has 0 fully saturated rings. The van der Waals surface area contributed by atoms with E-state index in [0.717, 1.165) is 23.2 Å². The molecule has 27 heavy (non-hydrogen) atoms. The molecule has 136 valence electrons. The van der Waals surface area contributed by atoms with E-state index in [9.17, 15) is 9.59 Å². The number of carbonyl (C=O) groups excluding carboxylic acids is 2. The van der Waals surface area contributed by atoms with Crippen molar-refractivity contribution in [1.82, 2.24) is 4.98 Å². The van der Waals surface area contributed by atoms with Crippen LogP contribution in [0.2, 0.25) is 0 Å². The Labute approximate surface area is 158 Å². The molecule has 0 spiro atoms. The molecule has 0 saturated carbocycles. The van der Waals surface area contributed by atoms with E-state index in [-0.39, 0.29) is 18.3 Å². The van der Waals surface area contributed by atoms with E-state index < -0.39 is 5.97 Å². The molecule has 0 saturated heterocycles. The van der Waals surface area contributed by atoms with Crippen molar-refractivity contribution in [2.45, 2.75) is 32.3 Å². The smallest absolute Gasteiger partial charge is 0.355 e. The Kier molecular flexibility index (Phi) is 4.63. The van der Waals surface area contributed by atoms with Crippen LogP contribution in [0.25, 0.3) is 0 Å². The van der Waals surface area contributed by atoms with Crippen LogP contribution in [0.15, 0.2) is 60.7 Å². The Balaban J connectivity index is 1.55. The van der Waals surface area contributed by atoms with Crippen LogP contribution in [-0.2, 0) is 17.8 Å². The molecule has 4 heteroatoms. The second kappa shape index (κ2) is 7.23. The summed E-state index contributed by atoms with van der Waals surface area (Å²) in [4.78, 5) is 28.5. The summed E-state index contributed by atoms with van der Waals surface area (Å²) in [6.07, 6.45) is 1.19. The third kappa shape index (κ3) is 3.43. The predicted molar refractivity (Wildman–Crippen MR) is 103 cm³/mol. The molecule has 0 bridgehead atoms. The van der Waals surface area contributed by atoms with Crippen LogP contribution in [0.1, 0.15) is 55.6 Å². The van der Waals surface area contributed by atoms with Crippen molar-refractivity contribution in [3.05, 3.63) is 94.3 Å². The van der Waals surface area contributed by atoms with Gasteiger partial charge in [0, 0.05) is 17.7 Å². The molecule has 1 N–H and O–H groups in total. The van der Waals surface area contributed by atoms with Gasteiger partial charge < -0.3 is 9.72 Å². The number of hydrogen-bond acceptors (Lipinski definition) is 3. The highest BCUT2D eigenvalue weighted by Gasteiger charge is 2.32. The molecule has 1 atom stereocenters. The minimum atomic E-state index is -0.421. The van der Waals surface area contributed by atoms with Crippen LogP contribution in [0.4, 0.5) is 0 Å². The first-order valence-electron chi connectivity index (χ1n) is 9.14. The summed E-state index contributed by atoms with van der Waals surface area (Å²) < 4.78 is 5.44. The molecule has 1 aliphatic carbocycles. The van der Waals surface area contributed by atoms with Crippen LogP contribution in [-0.4, -0.2) is 16.7 Å². The summed E-state index contributed by atoms with van der Waals surface area (Å²) in [5, 5.41) is 0. The lowest BCUT2D eigenvalue weighted by Crippen LogP contribution is -2.18. The second-order valence-corrected chi connectivity index (χ2v) is 6.98. The molecule has 1 aliphatic rings. The zero-order valence-electron chi connectivity index (χ0n) is 15.2. The molecule has 1 aromatic heterocycles. The Hall–Kier alpha value is -3.14. The lowest BCUT2D eigenvalue weighted by molar-refractivity contribution is 0.0465. The molecule has 0 amide bonds. The zero-order valence-corrected chi connectivity index (χ0v) is 15.2. The number of carbonyl (C=O) groups is 2. The molecule has 0 aliphatic heterocycles. The average molecular weight is 359 g/mol. The average Bonchev–Trinajstić information content (AvgIpc) is 3.04. The van der Waals surface area contributed by atoms with Gasteiger partial charge in [0.05, 0.1) is 0 Å². The number of esters is 1.